The lowest BCUT2D eigenvalue weighted by molar-refractivity contribution is 0.0518. The van der Waals surface area contributed by atoms with E-state index in [0.717, 1.165) is 10.6 Å². The largest absolute Gasteiger partial charge is 0.496 e. The third kappa shape index (κ3) is 2.92. The quantitative estimate of drug-likeness (QED) is 0.585. The van der Waals surface area contributed by atoms with Gasteiger partial charge in [-0.05, 0) is 24.8 Å². The minimum Gasteiger partial charge on any atom is -0.496 e. The summed E-state index contributed by atoms with van der Waals surface area (Å²) < 4.78 is 10.2. The maximum Gasteiger partial charge on any atom is 0.343 e. The zero-order valence-corrected chi connectivity index (χ0v) is 10.6. The molecule has 0 aliphatic rings. The zero-order chi connectivity index (χ0) is 12.0. The van der Waals surface area contributed by atoms with E-state index in [1.807, 2.05) is 19.1 Å². The van der Waals surface area contributed by atoms with Crippen molar-refractivity contribution in [3.8, 4) is 5.75 Å². The van der Waals surface area contributed by atoms with Gasteiger partial charge in [0, 0.05) is 4.90 Å². The molecule has 0 unspecified atom stereocenters. The van der Waals surface area contributed by atoms with Gasteiger partial charge in [0.2, 0.25) is 0 Å². The fourth-order valence-electron chi connectivity index (χ4n) is 1.36. The van der Waals surface area contributed by atoms with Crippen LogP contribution in [0.1, 0.15) is 24.2 Å². The van der Waals surface area contributed by atoms with Crippen molar-refractivity contribution in [2.24, 2.45) is 0 Å². The molecule has 4 heteroatoms. The summed E-state index contributed by atoms with van der Waals surface area (Å²) in [6, 6.07) is 5.55. The Labute approximate surface area is 100 Å². The summed E-state index contributed by atoms with van der Waals surface area (Å²) in [6.45, 7) is 4.20. The van der Waals surface area contributed by atoms with Gasteiger partial charge in [-0.25, -0.2) is 4.79 Å². The first-order chi connectivity index (χ1) is 7.74. The highest BCUT2D eigenvalue weighted by molar-refractivity contribution is 7.99. The van der Waals surface area contributed by atoms with Crippen LogP contribution in [0.4, 0.5) is 0 Å². The van der Waals surface area contributed by atoms with Crippen LogP contribution >= 0.6 is 11.8 Å². The number of carbonyl (C=O) groups is 1. The van der Waals surface area contributed by atoms with Gasteiger partial charge in [0.05, 0.1) is 13.7 Å². The van der Waals surface area contributed by atoms with Crippen molar-refractivity contribution >= 4 is 17.7 Å². The summed E-state index contributed by atoms with van der Waals surface area (Å²) in [7, 11) is 1.55. The van der Waals surface area contributed by atoms with Crippen molar-refractivity contribution in [1.82, 2.24) is 0 Å². The van der Waals surface area contributed by atoms with E-state index in [1.165, 1.54) is 0 Å². The summed E-state index contributed by atoms with van der Waals surface area (Å²) >= 11 is 1.60. The topological polar surface area (TPSA) is 35.5 Å². The average Bonchev–Trinajstić information content (AvgIpc) is 2.29. The minimum absolute atomic E-state index is 0.323. The Kier molecular flexibility index (Phi) is 5.19. The summed E-state index contributed by atoms with van der Waals surface area (Å²) in [5, 5.41) is 0. The van der Waals surface area contributed by atoms with E-state index in [1.54, 1.807) is 31.9 Å². The Balaban J connectivity index is 3.13. The first-order valence-electron chi connectivity index (χ1n) is 5.21. The number of esters is 1. The smallest absolute Gasteiger partial charge is 0.343 e. The molecule has 0 spiro atoms. The van der Waals surface area contributed by atoms with Gasteiger partial charge in [-0.3, -0.25) is 0 Å². The SMILES string of the molecule is CCOC(=O)c1c(OC)cccc1SCC. The van der Waals surface area contributed by atoms with Gasteiger partial charge in [-0.15, -0.1) is 11.8 Å². The van der Waals surface area contributed by atoms with Crippen molar-refractivity contribution in [2.45, 2.75) is 18.7 Å². The van der Waals surface area contributed by atoms with Crippen molar-refractivity contribution in [3.05, 3.63) is 23.8 Å². The molecule has 1 rings (SSSR count). The number of benzene rings is 1. The summed E-state index contributed by atoms with van der Waals surface area (Å²) in [5.41, 5.74) is 0.527. The number of hydrogen-bond donors (Lipinski definition) is 0. The number of thioether (sulfide) groups is 1. The molecule has 88 valence electrons. The molecule has 0 amide bonds. The number of hydrogen-bond acceptors (Lipinski definition) is 4. The molecule has 0 bridgehead atoms. The third-order valence-corrected chi connectivity index (χ3v) is 2.93. The van der Waals surface area contributed by atoms with Crippen LogP contribution in [0.5, 0.6) is 5.75 Å². The van der Waals surface area contributed by atoms with E-state index < -0.39 is 0 Å². The van der Waals surface area contributed by atoms with Crippen LogP contribution in [0.2, 0.25) is 0 Å². The first kappa shape index (κ1) is 12.9. The molecular weight excluding hydrogens is 224 g/mol. The highest BCUT2D eigenvalue weighted by Gasteiger charge is 2.18. The number of rotatable bonds is 5. The van der Waals surface area contributed by atoms with Crippen molar-refractivity contribution in [2.75, 3.05) is 19.5 Å². The summed E-state index contributed by atoms with van der Waals surface area (Å²) in [6.07, 6.45) is 0. The molecule has 16 heavy (non-hydrogen) atoms. The van der Waals surface area contributed by atoms with Gasteiger partial charge in [0.25, 0.3) is 0 Å². The molecule has 0 aliphatic heterocycles. The minimum atomic E-state index is -0.323. The molecule has 0 radical (unpaired) electrons. The predicted octanol–water partition coefficient (Wildman–Crippen LogP) is 2.98. The lowest BCUT2D eigenvalue weighted by Crippen LogP contribution is -2.08. The molecule has 0 N–H and O–H groups in total. The van der Waals surface area contributed by atoms with Gasteiger partial charge in [-0.1, -0.05) is 13.0 Å². The molecule has 0 saturated heterocycles. The van der Waals surface area contributed by atoms with Crippen LogP contribution in [-0.4, -0.2) is 25.4 Å². The molecule has 0 fully saturated rings. The van der Waals surface area contributed by atoms with Crippen molar-refractivity contribution in [1.29, 1.82) is 0 Å². The van der Waals surface area contributed by atoms with Crippen LogP contribution in [0.3, 0.4) is 0 Å². The molecule has 1 aromatic rings. The number of methoxy groups -OCH3 is 1. The average molecular weight is 240 g/mol. The molecule has 0 aromatic heterocycles. The van der Waals surface area contributed by atoms with E-state index in [4.69, 9.17) is 9.47 Å². The van der Waals surface area contributed by atoms with E-state index in [9.17, 15) is 4.79 Å². The molecule has 3 nitrogen and oxygen atoms in total. The predicted molar refractivity (Wildman–Crippen MR) is 65.3 cm³/mol. The summed E-state index contributed by atoms with van der Waals surface area (Å²) in [4.78, 5) is 12.7. The first-order valence-corrected chi connectivity index (χ1v) is 6.20. The van der Waals surface area contributed by atoms with Crippen LogP contribution < -0.4 is 4.74 Å². The molecule has 1 aromatic carbocycles. The highest BCUT2D eigenvalue weighted by Crippen LogP contribution is 2.30. The maximum atomic E-state index is 11.8. The van der Waals surface area contributed by atoms with Crippen molar-refractivity contribution in [3.63, 3.8) is 0 Å². The lowest BCUT2D eigenvalue weighted by Gasteiger charge is -2.11. The second-order valence-corrected chi connectivity index (χ2v) is 4.29. The summed E-state index contributed by atoms with van der Waals surface area (Å²) in [5.74, 6) is 1.15. The molecule has 0 atom stereocenters. The molecule has 0 heterocycles. The van der Waals surface area contributed by atoms with Crippen LogP contribution in [0.25, 0.3) is 0 Å². The van der Waals surface area contributed by atoms with Crippen LogP contribution in [0.15, 0.2) is 23.1 Å². The van der Waals surface area contributed by atoms with Crippen LogP contribution in [-0.2, 0) is 4.74 Å². The number of ether oxygens (including phenoxy) is 2. The lowest BCUT2D eigenvalue weighted by atomic mass is 10.2. The monoisotopic (exact) mass is 240 g/mol. The normalized spacial score (nSPS) is 9.94. The van der Waals surface area contributed by atoms with Gasteiger partial charge < -0.3 is 9.47 Å². The van der Waals surface area contributed by atoms with Crippen LogP contribution in [0, 0.1) is 0 Å². The van der Waals surface area contributed by atoms with Crippen molar-refractivity contribution < 1.29 is 14.3 Å². The second kappa shape index (κ2) is 6.43. The van der Waals surface area contributed by atoms with Gasteiger partial charge in [0.1, 0.15) is 11.3 Å². The molecule has 0 aliphatic carbocycles. The van der Waals surface area contributed by atoms with Gasteiger partial charge >= 0.3 is 5.97 Å². The Hall–Kier alpha value is -1.16. The molecular formula is C12H16O3S. The fraction of sp³-hybridized carbons (Fsp3) is 0.417. The van der Waals surface area contributed by atoms with E-state index >= 15 is 0 Å². The zero-order valence-electron chi connectivity index (χ0n) is 9.78. The van der Waals surface area contributed by atoms with E-state index in [-0.39, 0.29) is 5.97 Å². The highest BCUT2D eigenvalue weighted by atomic mass is 32.2. The van der Waals surface area contributed by atoms with Gasteiger partial charge in [-0.2, -0.15) is 0 Å². The van der Waals surface area contributed by atoms with E-state index in [0.29, 0.717) is 17.9 Å². The third-order valence-electron chi connectivity index (χ3n) is 1.99. The Morgan fingerprint density at radius 3 is 2.69 bits per heavy atom. The Bertz CT molecular complexity index is 363. The molecule has 0 saturated carbocycles. The Morgan fingerprint density at radius 1 is 1.38 bits per heavy atom. The standard InChI is InChI=1S/C12H16O3S/c1-4-15-12(13)11-9(14-3)7-6-8-10(11)16-5-2/h6-8H,4-5H2,1-3H3. The van der Waals surface area contributed by atoms with Gasteiger partial charge in [0.15, 0.2) is 0 Å². The Morgan fingerprint density at radius 2 is 2.12 bits per heavy atom. The number of carbonyl (C=O) groups excluding carboxylic acids is 1. The fourth-order valence-corrected chi connectivity index (χ4v) is 2.18. The van der Waals surface area contributed by atoms with E-state index in [2.05, 4.69) is 0 Å². The second-order valence-electron chi connectivity index (χ2n) is 2.99. The maximum absolute atomic E-state index is 11.8.